The maximum Gasteiger partial charge on any atom is 0.0724 e. The maximum absolute atomic E-state index is 5.10. The fourth-order valence-corrected chi connectivity index (χ4v) is 2.04. The molecular weight excluding hydrogens is 216 g/mol. The molecule has 0 atom stereocenters. The first-order valence-corrected chi connectivity index (χ1v) is 4.89. The Hall–Kier alpha value is -0.340. The van der Waals surface area contributed by atoms with Gasteiger partial charge in [0, 0.05) is 11.6 Å². The average Bonchev–Trinajstić information content (AvgIpc) is 2.03. The topological polar surface area (TPSA) is 9.23 Å². The van der Waals surface area contributed by atoms with Crippen LogP contribution in [0.15, 0.2) is 16.6 Å². The second kappa shape index (κ2) is 3.19. The molecule has 0 heterocycles. The van der Waals surface area contributed by atoms with Gasteiger partial charge in [-0.2, -0.15) is 0 Å². The number of fused-ring (bicyclic) bond motifs is 1. The van der Waals surface area contributed by atoms with Crippen molar-refractivity contribution in [3.05, 3.63) is 33.3 Å². The highest BCUT2D eigenvalue weighted by Gasteiger charge is 2.15. The van der Waals surface area contributed by atoms with Crippen LogP contribution in [0.3, 0.4) is 0 Å². The minimum absolute atomic E-state index is 0.702. The first-order chi connectivity index (χ1) is 5.81. The second-order valence-electron chi connectivity index (χ2n) is 3.15. The van der Waals surface area contributed by atoms with Gasteiger partial charge in [-0.25, -0.2) is 0 Å². The summed E-state index contributed by atoms with van der Waals surface area (Å²) in [7, 11) is 1.73. The van der Waals surface area contributed by atoms with E-state index >= 15 is 0 Å². The molecular formula is C10H11BrO. The molecule has 64 valence electrons. The minimum atomic E-state index is 0.702. The third-order valence-electron chi connectivity index (χ3n) is 2.33. The fourth-order valence-electron chi connectivity index (χ4n) is 1.53. The number of aryl methyl sites for hydroxylation is 2. The minimum Gasteiger partial charge on any atom is -0.380 e. The SMILES string of the molecule is COCc1cc2c(cc1Br)CC2. The van der Waals surface area contributed by atoms with Gasteiger partial charge in [-0.1, -0.05) is 22.0 Å². The molecule has 12 heavy (non-hydrogen) atoms. The molecule has 1 aliphatic carbocycles. The fraction of sp³-hybridized carbons (Fsp3) is 0.400. The molecule has 1 aliphatic rings. The van der Waals surface area contributed by atoms with Crippen LogP contribution in [0.25, 0.3) is 0 Å². The summed E-state index contributed by atoms with van der Waals surface area (Å²) in [6.07, 6.45) is 2.47. The Balaban J connectivity index is 2.35. The highest BCUT2D eigenvalue weighted by Crippen LogP contribution is 2.29. The van der Waals surface area contributed by atoms with Crippen LogP contribution in [-0.4, -0.2) is 7.11 Å². The summed E-state index contributed by atoms with van der Waals surface area (Å²) in [5, 5.41) is 0. The largest absolute Gasteiger partial charge is 0.380 e. The van der Waals surface area contributed by atoms with Gasteiger partial charge >= 0.3 is 0 Å². The molecule has 1 nitrogen and oxygen atoms in total. The second-order valence-corrected chi connectivity index (χ2v) is 4.00. The van der Waals surface area contributed by atoms with Crippen molar-refractivity contribution < 1.29 is 4.74 Å². The van der Waals surface area contributed by atoms with E-state index in [9.17, 15) is 0 Å². The average molecular weight is 227 g/mol. The smallest absolute Gasteiger partial charge is 0.0724 e. The quantitative estimate of drug-likeness (QED) is 0.754. The van der Waals surface area contributed by atoms with Crippen molar-refractivity contribution in [3.8, 4) is 0 Å². The summed E-state index contributed by atoms with van der Waals surface area (Å²) >= 11 is 3.54. The molecule has 0 fully saturated rings. The highest BCUT2D eigenvalue weighted by atomic mass is 79.9. The van der Waals surface area contributed by atoms with Crippen LogP contribution in [0.2, 0.25) is 0 Å². The number of methoxy groups -OCH3 is 1. The van der Waals surface area contributed by atoms with Crippen molar-refractivity contribution in [1.82, 2.24) is 0 Å². The van der Waals surface area contributed by atoms with Gasteiger partial charge in [-0.3, -0.25) is 0 Å². The number of rotatable bonds is 2. The molecule has 0 aliphatic heterocycles. The molecule has 0 radical (unpaired) electrons. The summed E-state index contributed by atoms with van der Waals surface area (Å²) in [5.41, 5.74) is 4.24. The van der Waals surface area contributed by atoms with E-state index in [1.54, 1.807) is 7.11 Å². The molecule has 1 aromatic rings. The van der Waals surface area contributed by atoms with Gasteiger partial charge in [0.15, 0.2) is 0 Å². The van der Waals surface area contributed by atoms with E-state index in [4.69, 9.17) is 4.74 Å². The number of ether oxygens (including phenoxy) is 1. The van der Waals surface area contributed by atoms with Crippen molar-refractivity contribution in [3.63, 3.8) is 0 Å². The molecule has 0 aromatic heterocycles. The Morgan fingerprint density at radius 2 is 2.00 bits per heavy atom. The third-order valence-corrected chi connectivity index (χ3v) is 3.07. The zero-order chi connectivity index (χ0) is 8.55. The van der Waals surface area contributed by atoms with Crippen LogP contribution < -0.4 is 0 Å². The van der Waals surface area contributed by atoms with Crippen LogP contribution in [0.1, 0.15) is 16.7 Å². The molecule has 0 amide bonds. The monoisotopic (exact) mass is 226 g/mol. The number of hydrogen-bond donors (Lipinski definition) is 0. The number of benzene rings is 1. The lowest BCUT2D eigenvalue weighted by atomic mass is 9.87. The van der Waals surface area contributed by atoms with Gasteiger partial charge in [0.05, 0.1) is 6.61 Å². The van der Waals surface area contributed by atoms with E-state index in [-0.39, 0.29) is 0 Å². The van der Waals surface area contributed by atoms with E-state index in [1.807, 2.05) is 0 Å². The molecule has 2 rings (SSSR count). The first kappa shape index (κ1) is 8.27. The van der Waals surface area contributed by atoms with E-state index in [0.29, 0.717) is 6.61 Å². The predicted molar refractivity (Wildman–Crippen MR) is 52.3 cm³/mol. The van der Waals surface area contributed by atoms with E-state index < -0.39 is 0 Å². The lowest BCUT2D eigenvalue weighted by molar-refractivity contribution is 0.184. The Morgan fingerprint density at radius 1 is 1.33 bits per heavy atom. The van der Waals surface area contributed by atoms with Crippen molar-refractivity contribution in [2.24, 2.45) is 0 Å². The summed E-state index contributed by atoms with van der Waals surface area (Å²) < 4.78 is 6.28. The molecule has 0 bridgehead atoms. The van der Waals surface area contributed by atoms with Crippen molar-refractivity contribution in [2.45, 2.75) is 19.4 Å². The molecule has 1 aromatic carbocycles. The van der Waals surface area contributed by atoms with Crippen LogP contribution in [0, 0.1) is 0 Å². The van der Waals surface area contributed by atoms with E-state index in [1.165, 1.54) is 34.0 Å². The molecule has 0 N–H and O–H groups in total. The van der Waals surface area contributed by atoms with Crippen molar-refractivity contribution in [1.29, 1.82) is 0 Å². The van der Waals surface area contributed by atoms with Gasteiger partial charge in [-0.05, 0) is 35.6 Å². The Labute approximate surface area is 80.9 Å². The summed E-state index contributed by atoms with van der Waals surface area (Å²) in [4.78, 5) is 0. The Morgan fingerprint density at radius 3 is 2.58 bits per heavy atom. The summed E-state index contributed by atoms with van der Waals surface area (Å²) in [5.74, 6) is 0. The lowest BCUT2D eigenvalue weighted by Gasteiger charge is -2.20. The number of hydrogen-bond acceptors (Lipinski definition) is 1. The maximum atomic E-state index is 5.10. The van der Waals surface area contributed by atoms with Gasteiger partial charge in [0.25, 0.3) is 0 Å². The van der Waals surface area contributed by atoms with Crippen LogP contribution in [-0.2, 0) is 24.2 Å². The Bertz CT molecular complexity index is 307. The normalized spacial score (nSPS) is 13.8. The predicted octanol–water partition coefficient (Wildman–Crippen LogP) is 2.69. The Kier molecular flexibility index (Phi) is 2.20. The van der Waals surface area contributed by atoms with E-state index in [2.05, 4.69) is 28.1 Å². The number of halogens is 1. The molecule has 0 saturated heterocycles. The highest BCUT2D eigenvalue weighted by molar-refractivity contribution is 9.10. The first-order valence-electron chi connectivity index (χ1n) is 4.10. The molecule has 2 heteroatoms. The van der Waals surface area contributed by atoms with Crippen molar-refractivity contribution >= 4 is 15.9 Å². The summed E-state index contributed by atoms with van der Waals surface area (Å²) in [6, 6.07) is 4.46. The molecule has 0 spiro atoms. The zero-order valence-electron chi connectivity index (χ0n) is 7.06. The lowest BCUT2D eigenvalue weighted by Crippen LogP contribution is -2.09. The van der Waals surface area contributed by atoms with Crippen LogP contribution in [0.4, 0.5) is 0 Å². The van der Waals surface area contributed by atoms with Gasteiger partial charge in [0.2, 0.25) is 0 Å². The van der Waals surface area contributed by atoms with Crippen molar-refractivity contribution in [2.75, 3.05) is 7.11 Å². The van der Waals surface area contributed by atoms with Gasteiger partial charge in [-0.15, -0.1) is 0 Å². The standard InChI is InChI=1S/C10H11BrO/c1-12-6-9-4-7-2-3-8(7)5-10(9)11/h4-5H,2-3,6H2,1H3. The van der Waals surface area contributed by atoms with Crippen LogP contribution in [0.5, 0.6) is 0 Å². The van der Waals surface area contributed by atoms with Crippen LogP contribution >= 0.6 is 15.9 Å². The zero-order valence-corrected chi connectivity index (χ0v) is 8.65. The van der Waals surface area contributed by atoms with E-state index in [0.717, 1.165) is 0 Å². The third kappa shape index (κ3) is 1.29. The molecule has 0 saturated carbocycles. The molecule has 0 unspecified atom stereocenters. The van der Waals surface area contributed by atoms with Gasteiger partial charge < -0.3 is 4.74 Å². The summed E-state index contributed by atoms with van der Waals surface area (Å²) in [6.45, 7) is 0.702. The van der Waals surface area contributed by atoms with Gasteiger partial charge in [0.1, 0.15) is 0 Å².